The molecule has 1 aromatic carbocycles. The van der Waals surface area contributed by atoms with Gasteiger partial charge in [0.25, 0.3) is 0 Å². The molecule has 2 aromatic rings. The van der Waals surface area contributed by atoms with Crippen LogP contribution in [0.3, 0.4) is 0 Å². The Balaban J connectivity index is 2.66. The first-order valence-corrected chi connectivity index (χ1v) is 5.31. The zero-order chi connectivity index (χ0) is 13.4. The van der Waals surface area contributed by atoms with Crippen LogP contribution < -0.4 is 0 Å². The van der Waals surface area contributed by atoms with Crippen LogP contribution in [0.1, 0.15) is 10.5 Å². The normalized spacial score (nSPS) is 10.6. The van der Waals surface area contributed by atoms with Crippen molar-refractivity contribution in [2.24, 2.45) is 0 Å². The maximum Gasteiger partial charge on any atom is 0.358 e. The van der Waals surface area contributed by atoms with Gasteiger partial charge in [0, 0.05) is 12.1 Å². The van der Waals surface area contributed by atoms with E-state index in [1.54, 1.807) is 0 Å². The quantitative estimate of drug-likeness (QED) is 0.734. The highest BCUT2D eigenvalue weighted by molar-refractivity contribution is 9.10. The molecule has 0 aliphatic carbocycles. The van der Waals surface area contributed by atoms with Gasteiger partial charge >= 0.3 is 5.97 Å². The molecule has 18 heavy (non-hydrogen) atoms. The summed E-state index contributed by atoms with van der Waals surface area (Å²) in [7, 11) is 0. The van der Waals surface area contributed by atoms with Crippen LogP contribution in [0.4, 0.5) is 4.39 Å². The van der Waals surface area contributed by atoms with Gasteiger partial charge in [0.1, 0.15) is 5.82 Å². The summed E-state index contributed by atoms with van der Waals surface area (Å²) in [6, 6.07) is 1.71. The molecule has 94 valence electrons. The minimum absolute atomic E-state index is 0.175. The Morgan fingerprint density at radius 2 is 2.06 bits per heavy atom. The van der Waals surface area contributed by atoms with Gasteiger partial charge in [-0.15, -0.1) is 0 Å². The van der Waals surface area contributed by atoms with Crippen LogP contribution in [0, 0.1) is 5.82 Å². The molecule has 3 N–H and O–H groups in total. The summed E-state index contributed by atoms with van der Waals surface area (Å²) >= 11 is 2.87. The molecule has 8 heteroatoms. The minimum Gasteiger partial charge on any atom is -0.504 e. The average molecular weight is 318 g/mol. The van der Waals surface area contributed by atoms with Crippen LogP contribution in [0.5, 0.6) is 11.5 Å². The van der Waals surface area contributed by atoms with Crippen molar-refractivity contribution in [3.63, 3.8) is 0 Å². The number of aromatic hydroxyl groups is 2. The molecular formula is C10H5BrFNO5. The molecule has 0 radical (unpaired) electrons. The van der Waals surface area contributed by atoms with Gasteiger partial charge < -0.3 is 19.8 Å². The molecule has 0 fully saturated rings. The smallest absolute Gasteiger partial charge is 0.358 e. The standard InChI is InChI=1S/C10H5BrFNO5/c11-8-3(12)1-5(14)9(15)7(8)6-2-4(10(16)17)13-18-6/h1-2,14-15H,(H,16,17). The first kappa shape index (κ1) is 12.4. The van der Waals surface area contributed by atoms with E-state index in [1.165, 1.54) is 0 Å². The molecule has 2 rings (SSSR count). The van der Waals surface area contributed by atoms with E-state index >= 15 is 0 Å². The summed E-state index contributed by atoms with van der Waals surface area (Å²) in [5.74, 6) is -3.70. The topological polar surface area (TPSA) is 104 Å². The summed E-state index contributed by atoms with van der Waals surface area (Å²) in [6.07, 6.45) is 0. The predicted octanol–water partition coefficient (Wildman–Crippen LogP) is 2.35. The lowest BCUT2D eigenvalue weighted by Gasteiger charge is -2.06. The largest absolute Gasteiger partial charge is 0.504 e. The van der Waals surface area contributed by atoms with Crippen LogP contribution in [-0.2, 0) is 0 Å². The number of phenols is 2. The number of nitrogens with zero attached hydrogens (tertiary/aromatic N) is 1. The zero-order valence-electron chi connectivity index (χ0n) is 8.52. The molecule has 0 unspecified atom stereocenters. The number of rotatable bonds is 2. The van der Waals surface area contributed by atoms with E-state index < -0.39 is 29.0 Å². The number of halogens is 2. The Morgan fingerprint density at radius 3 is 2.61 bits per heavy atom. The van der Waals surface area contributed by atoms with E-state index in [0.29, 0.717) is 6.07 Å². The maximum absolute atomic E-state index is 13.4. The first-order chi connectivity index (χ1) is 8.41. The lowest BCUT2D eigenvalue weighted by Crippen LogP contribution is -1.94. The number of phenolic OH excluding ortho intramolecular Hbond substituents is 2. The van der Waals surface area contributed by atoms with Gasteiger partial charge in [-0.3, -0.25) is 0 Å². The van der Waals surface area contributed by atoms with Crippen molar-refractivity contribution in [2.75, 3.05) is 0 Å². The van der Waals surface area contributed by atoms with Crippen molar-refractivity contribution in [1.82, 2.24) is 5.16 Å². The molecule has 0 aliphatic heterocycles. The van der Waals surface area contributed by atoms with Crippen LogP contribution in [-0.4, -0.2) is 26.4 Å². The fraction of sp³-hybridized carbons (Fsp3) is 0. The number of aromatic nitrogens is 1. The molecule has 0 bridgehead atoms. The second-order valence-corrected chi connectivity index (χ2v) is 4.09. The maximum atomic E-state index is 13.4. The second kappa shape index (κ2) is 4.30. The number of carboxylic acids is 1. The summed E-state index contributed by atoms with van der Waals surface area (Å²) < 4.78 is 17.9. The van der Waals surface area contributed by atoms with Crippen molar-refractivity contribution in [3.8, 4) is 22.8 Å². The molecule has 0 spiro atoms. The van der Waals surface area contributed by atoms with Gasteiger partial charge in [-0.25, -0.2) is 9.18 Å². The third-order valence-electron chi connectivity index (χ3n) is 2.15. The molecule has 1 heterocycles. The SMILES string of the molecule is O=C(O)c1cc(-c2c(O)c(O)cc(F)c2Br)on1. The number of benzene rings is 1. The van der Waals surface area contributed by atoms with Gasteiger partial charge in [-0.2, -0.15) is 0 Å². The first-order valence-electron chi connectivity index (χ1n) is 4.52. The van der Waals surface area contributed by atoms with E-state index in [-0.39, 0.29) is 15.8 Å². The van der Waals surface area contributed by atoms with Crippen LogP contribution in [0.15, 0.2) is 21.1 Å². The lowest BCUT2D eigenvalue weighted by molar-refractivity contribution is 0.0686. The van der Waals surface area contributed by atoms with E-state index in [4.69, 9.17) is 5.11 Å². The van der Waals surface area contributed by atoms with E-state index in [1.807, 2.05) is 0 Å². The summed E-state index contributed by atoms with van der Waals surface area (Å²) in [5, 5.41) is 30.8. The fourth-order valence-corrected chi connectivity index (χ4v) is 1.82. The number of carbonyl (C=O) groups is 1. The van der Waals surface area contributed by atoms with Crippen LogP contribution >= 0.6 is 15.9 Å². The average Bonchev–Trinajstić information content (AvgIpc) is 2.76. The minimum atomic E-state index is -1.33. The van der Waals surface area contributed by atoms with Crippen molar-refractivity contribution in [1.29, 1.82) is 0 Å². The Kier molecular flexibility index (Phi) is 2.95. The third-order valence-corrected chi connectivity index (χ3v) is 2.92. The van der Waals surface area contributed by atoms with Gasteiger partial charge in [0.05, 0.1) is 10.0 Å². The molecule has 0 saturated heterocycles. The van der Waals surface area contributed by atoms with Crippen molar-refractivity contribution in [2.45, 2.75) is 0 Å². The summed E-state index contributed by atoms with van der Waals surface area (Å²) in [6.45, 7) is 0. The Morgan fingerprint density at radius 1 is 1.39 bits per heavy atom. The highest BCUT2D eigenvalue weighted by Gasteiger charge is 2.22. The van der Waals surface area contributed by atoms with Gasteiger partial charge in [-0.1, -0.05) is 5.16 Å². The Bertz CT molecular complexity index is 613. The van der Waals surface area contributed by atoms with Crippen LogP contribution in [0.2, 0.25) is 0 Å². The Labute approximate surface area is 107 Å². The predicted molar refractivity (Wildman–Crippen MR) is 59.9 cm³/mol. The highest BCUT2D eigenvalue weighted by Crippen LogP contribution is 2.43. The fourth-order valence-electron chi connectivity index (χ4n) is 1.32. The molecule has 0 atom stereocenters. The van der Waals surface area contributed by atoms with E-state index in [9.17, 15) is 19.4 Å². The molecular weight excluding hydrogens is 313 g/mol. The van der Waals surface area contributed by atoms with Gasteiger partial charge in [-0.05, 0) is 15.9 Å². The van der Waals surface area contributed by atoms with E-state index in [2.05, 4.69) is 25.6 Å². The number of carboxylic acid groups (broad SMARTS) is 1. The van der Waals surface area contributed by atoms with Crippen molar-refractivity contribution in [3.05, 3.63) is 28.1 Å². The van der Waals surface area contributed by atoms with Gasteiger partial charge in [0.2, 0.25) is 0 Å². The van der Waals surface area contributed by atoms with E-state index in [0.717, 1.165) is 6.07 Å². The second-order valence-electron chi connectivity index (χ2n) is 3.30. The number of hydrogen-bond acceptors (Lipinski definition) is 5. The summed E-state index contributed by atoms with van der Waals surface area (Å²) in [5.41, 5.74) is -0.618. The molecule has 1 aromatic heterocycles. The zero-order valence-corrected chi connectivity index (χ0v) is 10.1. The molecule has 0 amide bonds. The molecule has 0 aliphatic rings. The molecule has 0 saturated carbocycles. The monoisotopic (exact) mass is 317 g/mol. The molecule has 6 nitrogen and oxygen atoms in total. The van der Waals surface area contributed by atoms with Gasteiger partial charge in [0.15, 0.2) is 23.0 Å². The lowest BCUT2D eigenvalue weighted by atomic mass is 10.1. The third kappa shape index (κ3) is 1.90. The number of hydrogen-bond donors (Lipinski definition) is 3. The number of aromatic carboxylic acids is 1. The van der Waals surface area contributed by atoms with Crippen molar-refractivity contribution >= 4 is 21.9 Å². The Hall–Kier alpha value is -2.09. The van der Waals surface area contributed by atoms with Crippen molar-refractivity contribution < 1.29 is 29.0 Å². The van der Waals surface area contributed by atoms with Crippen LogP contribution in [0.25, 0.3) is 11.3 Å². The highest BCUT2D eigenvalue weighted by atomic mass is 79.9. The summed E-state index contributed by atoms with van der Waals surface area (Å²) in [4.78, 5) is 10.6.